The summed E-state index contributed by atoms with van der Waals surface area (Å²) in [6, 6.07) is 0.109. The summed E-state index contributed by atoms with van der Waals surface area (Å²) in [7, 11) is 1.52. The minimum absolute atomic E-state index is 0.0586. The lowest BCUT2D eigenvalue weighted by Crippen LogP contribution is -2.55. The van der Waals surface area contributed by atoms with Gasteiger partial charge < -0.3 is 31.2 Å². The molecule has 0 spiro atoms. The lowest BCUT2D eigenvalue weighted by Gasteiger charge is -2.39. The number of hydrogen-bond acceptors (Lipinski definition) is 8. The molecule has 3 aliphatic heterocycles. The van der Waals surface area contributed by atoms with Crippen LogP contribution in [0.15, 0.2) is 22.5 Å². The number of fused-ring (bicyclic) bond motifs is 4. The van der Waals surface area contributed by atoms with Gasteiger partial charge in [-0.05, 0) is 6.92 Å². The first-order valence-corrected chi connectivity index (χ1v) is 7.65. The number of carbonyl (C=O) groups excluding carboxylic acids is 3. The molecule has 0 aromatic rings. The third kappa shape index (κ3) is 1.58. The van der Waals surface area contributed by atoms with Crippen molar-refractivity contribution in [1.82, 2.24) is 10.2 Å². The van der Waals surface area contributed by atoms with E-state index in [1.807, 2.05) is 4.90 Å². The quantitative estimate of drug-likeness (QED) is 0.411. The molecule has 2 saturated heterocycles. The molecule has 0 radical (unpaired) electrons. The van der Waals surface area contributed by atoms with Crippen molar-refractivity contribution in [2.24, 2.45) is 17.4 Å². The number of nitrogens with zero attached hydrogens (tertiary/aromatic N) is 1. The maximum atomic E-state index is 12.8. The van der Waals surface area contributed by atoms with Crippen LogP contribution in [-0.2, 0) is 19.1 Å². The van der Waals surface area contributed by atoms with Crippen molar-refractivity contribution in [2.45, 2.75) is 24.7 Å². The van der Waals surface area contributed by atoms with E-state index in [1.54, 1.807) is 0 Å². The van der Waals surface area contributed by atoms with Crippen LogP contribution in [0.5, 0.6) is 0 Å². The van der Waals surface area contributed by atoms with Gasteiger partial charge in [0.25, 0.3) is 0 Å². The van der Waals surface area contributed by atoms with Crippen LogP contribution in [-0.4, -0.2) is 60.6 Å². The number of ketones is 2. The van der Waals surface area contributed by atoms with E-state index < -0.39 is 23.5 Å². The average Bonchev–Trinajstić information content (AvgIpc) is 3.16. The highest BCUT2D eigenvalue weighted by atomic mass is 16.6. The molecule has 3 heterocycles. The van der Waals surface area contributed by atoms with Crippen LogP contribution in [0.4, 0.5) is 4.79 Å². The highest BCUT2D eigenvalue weighted by Crippen LogP contribution is 2.55. The Morgan fingerprint density at radius 1 is 1.42 bits per heavy atom. The van der Waals surface area contributed by atoms with Crippen molar-refractivity contribution in [2.75, 3.05) is 20.3 Å². The second-order valence-corrected chi connectivity index (χ2v) is 6.46. The zero-order chi connectivity index (χ0) is 17.4. The van der Waals surface area contributed by atoms with Crippen LogP contribution in [0.2, 0.25) is 0 Å². The number of nitrogens with two attached hydrogens (primary N) is 2. The first-order chi connectivity index (χ1) is 11.3. The Hall–Kier alpha value is -2.39. The number of nitrogens with one attached hydrogen (secondary N) is 1. The Bertz CT molecular complexity index is 757. The molecule has 0 saturated carbocycles. The highest BCUT2D eigenvalue weighted by molar-refractivity contribution is 6.25. The van der Waals surface area contributed by atoms with Crippen molar-refractivity contribution in [3.05, 3.63) is 22.5 Å². The van der Waals surface area contributed by atoms with Gasteiger partial charge in [-0.1, -0.05) is 0 Å². The maximum absolute atomic E-state index is 12.8. The molecule has 9 nitrogen and oxygen atoms in total. The van der Waals surface area contributed by atoms with Gasteiger partial charge in [0.2, 0.25) is 11.6 Å². The first kappa shape index (κ1) is 15.2. The zero-order valence-electron chi connectivity index (χ0n) is 13.3. The number of carbonyl (C=O) groups is 3. The van der Waals surface area contributed by atoms with Crippen molar-refractivity contribution < 1.29 is 23.9 Å². The van der Waals surface area contributed by atoms with Crippen LogP contribution >= 0.6 is 0 Å². The van der Waals surface area contributed by atoms with E-state index in [9.17, 15) is 14.4 Å². The van der Waals surface area contributed by atoms with Crippen molar-refractivity contribution in [1.29, 1.82) is 0 Å². The van der Waals surface area contributed by atoms with Gasteiger partial charge in [0.05, 0.1) is 23.4 Å². The van der Waals surface area contributed by atoms with Gasteiger partial charge in [-0.15, -0.1) is 0 Å². The molecule has 2 fully saturated rings. The van der Waals surface area contributed by atoms with Gasteiger partial charge in [0.15, 0.2) is 5.72 Å². The summed E-state index contributed by atoms with van der Waals surface area (Å²) in [4.78, 5) is 38.4. The summed E-state index contributed by atoms with van der Waals surface area (Å²) in [6.07, 6.45) is -0.950. The van der Waals surface area contributed by atoms with Crippen molar-refractivity contribution >= 4 is 17.7 Å². The Morgan fingerprint density at radius 2 is 2.12 bits per heavy atom. The monoisotopic (exact) mass is 334 g/mol. The molecule has 0 aromatic heterocycles. The number of methoxy groups -OCH3 is 1. The van der Waals surface area contributed by atoms with E-state index in [0.29, 0.717) is 12.2 Å². The number of primary amides is 1. The summed E-state index contributed by atoms with van der Waals surface area (Å²) in [6.45, 7) is 1.92. The molecular formula is C15H18N4O5. The normalized spacial score (nSPS) is 36.8. The summed E-state index contributed by atoms with van der Waals surface area (Å²) >= 11 is 0. The summed E-state index contributed by atoms with van der Waals surface area (Å²) in [5.74, 6) is -1.34. The molecule has 128 valence electrons. The minimum atomic E-state index is -0.957. The largest absolute Gasteiger partial charge is 0.449 e. The highest BCUT2D eigenvalue weighted by Gasteiger charge is 2.72. The Labute approximate surface area is 137 Å². The van der Waals surface area contributed by atoms with E-state index in [4.69, 9.17) is 20.9 Å². The number of hydrogen-bond donors (Lipinski definition) is 3. The summed E-state index contributed by atoms with van der Waals surface area (Å²) in [5.41, 5.74) is 10.7. The first-order valence-electron chi connectivity index (χ1n) is 7.65. The van der Waals surface area contributed by atoms with E-state index in [1.165, 1.54) is 14.0 Å². The second-order valence-electron chi connectivity index (χ2n) is 6.46. The smallest absolute Gasteiger partial charge is 0.404 e. The second kappa shape index (κ2) is 4.58. The fraction of sp³-hybridized carbons (Fsp3) is 0.533. The summed E-state index contributed by atoms with van der Waals surface area (Å²) < 4.78 is 10.8. The third-order valence-corrected chi connectivity index (χ3v) is 5.47. The van der Waals surface area contributed by atoms with Crippen LogP contribution in [0.3, 0.4) is 0 Å². The number of allylic oxidation sites excluding steroid dienone is 2. The number of rotatable bonds is 3. The molecular weight excluding hydrogens is 316 g/mol. The lowest BCUT2D eigenvalue weighted by atomic mass is 9.82. The molecule has 4 rings (SSSR count). The van der Waals surface area contributed by atoms with Gasteiger partial charge in [-0.2, -0.15) is 0 Å². The molecule has 4 atom stereocenters. The lowest BCUT2D eigenvalue weighted by molar-refractivity contribution is -0.137. The Balaban J connectivity index is 1.85. The van der Waals surface area contributed by atoms with Gasteiger partial charge in [0.1, 0.15) is 6.61 Å². The van der Waals surface area contributed by atoms with Crippen molar-refractivity contribution in [3.8, 4) is 0 Å². The fourth-order valence-electron chi connectivity index (χ4n) is 4.31. The molecule has 1 aliphatic carbocycles. The van der Waals surface area contributed by atoms with Crippen molar-refractivity contribution in [3.63, 3.8) is 0 Å². The zero-order valence-corrected chi connectivity index (χ0v) is 13.3. The summed E-state index contributed by atoms with van der Waals surface area (Å²) in [5, 5.41) is 3.28. The topological polar surface area (TPSA) is 147 Å². The molecule has 4 aliphatic rings. The maximum Gasteiger partial charge on any atom is 0.404 e. The number of ether oxygens (including phenoxy) is 2. The van der Waals surface area contributed by atoms with Gasteiger partial charge in [-0.25, -0.2) is 4.79 Å². The SMILES string of the molecule is CO[C@@]12[C@H](COC(N)=O)C3=C(C(=O)C(C)=C(N)C3=O)N1C[C@H]1N[C@H]12. The van der Waals surface area contributed by atoms with E-state index in [-0.39, 0.29) is 41.3 Å². The van der Waals surface area contributed by atoms with Crippen LogP contribution in [0.1, 0.15) is 6.92 Å². The van der Waals surface area contributed by atoms with Gasteiger partial charge >= 0.3 is 6.09 Å². The van der Waals surface area contributed by atoms with Crippen LogP contribution in [0.25, 0.3) is 0 Å². The average molecular weight is 334 g/mol. The Kier molecular flexibility index (Phi) is 2.89. The molecule has 0 unspecified atom stereocenters. The van der Waals surface area contributed by atoms with Gasteiger partial charge in [-0.3, -0.25) is 9.59 Å². The molecule has 0 bridgehead atoms. The van der Waals surface area contributed by atoms with E-state index in [2.05, 4.69) is 5.32 Å². The number of amides is 1. The predicted molar refractivity (Wildman–Crippen MR) is 80.1 cm³/mol. The molecule has 5 N–H and O–H groups in total. The minimum Gasteiger partial charge on any atom is -0.449 e. The Morgan fingerprint density at radius 3 is 2.75 bits per heavy atom. The van der Waals surface area contributed by atoms with Crippen LogP contribution in [0, 0.1) is 5.92 Å². The molecule has 1 amide bonds. The standard InChI is InChI=1S/C15H18N4O5/c1-5-9(16)12(21)8-6(4-24-14(17)22)15(23-2)13-7(18-13)3-19(15)10(8)11(5)20/h6-7,13,18H,3-4,16H2,1-2H3,(H2,17,22)/t6-,7-,13-,15-/m1/s1. The molecule has 24 heavy (non-hydrogen) atoms. The fourth-order valence-corrected chi connectivity index (χ4v) is 4.31. The number of piperazine rings is 1. The predicted octanol–water partition coefficient (Wildman–Crippen LogP) is -1.65. The van der Waals surface area contributed by atoms with Gasteiger partial charge in [0, 0.05) is 30.8 Å². The number of Topliss-reactive ketones (excluding diaryl/α,β-unsaturated/α-hetero) is 2. The van der Waals surface area contributed by atoms with E-state index in [0.717, 1.165) is 0 Å². The molecule has 0 aromatic carbocycles. The molecule has 9 heteroatoms. The van der Waals surface area contributed by atoms with Crippen LogP contribution < -0.4 is 16.8 Å². The van der Waals surface area contributed by atoms with E-state index >= 15 is 0 Å². The third-order valence-electron chi connectivity index (χ3n) is 5.47.